The van der Waals surface area contributed by atoms with Gasteiger partial charge in [-0.1, -0.05) is 42.0 Å². The van der Waals surface area contributed by atoms with Crippen molar-refractivity contribution in [2.24, 2.45) is 0 Å². The number of sulfonamides is 1. The minimum absolute atomic E-state index is 0.119. The average Bonchev–Trinajstić information content (AvgIpc) is 3.27. The molecule has 3 aromatic carbocycles. The number of rotatable bonds is 4. The summed E-state index contributed by atoms with van der Waals surface area (Å²) >= 11 is 0. The second kappa shape index (κ2) is 8.83. The van der Waals surface area contributed by atoms with Gasteiger partial charge in [-0.25, -0.2) is 13.2 Å². The number of methoxy groups -OCH3 is 1. The number of hydrogen-bond donors (Lipinski definition) is 0. The highest BCUT2D eigenvalue weighted by atomic mass is 32.2. The molecular formula is C27H24N2O6S. The van der Waals surface area contributed by atoms with E-state index in [-0.39, 0.29) is 22.8 Å². The lowest BCUT2D eigenvalue weighted by molar-refractivity contribution is 0.0602. The van der Waals surface area contributed by atoms with E-state index in [1.54, 1.807) is 66.7 Å². The molecule has 0 spiro atoms. The number of para-hydroxylation sites is 1. The molecule has 4 aromatic rings. The zero-order valence-electron chi connectivity index (χ0n) is 20.0. The van der Waals surface area contributed by atoms with E-state index in [4.69, 9.17) is 9.47 Å². The molecule has 0 unspecified atom stereocenters. The van der Waals surface area contributed by atoms with Gasteiger partial charge in [0.2, 0.25) is 0 Å². The number of hydrogen-bond acceptors (Lipinski definition) is 6. The molecule has 1 aliphatic heterocycles. The van der Waals surface area contributed by atoms with E-state index in [0.29, 0.717) is 16.6 Å². The van der Waals surface area contributed by atoms with E-state index in [9.17, 15) is 18.0 Å². The molecule has 0 saturated heterocycles. The van der Waals surface area contributed by atoms with E-state index < -0.39 is 28.0 Å². The Morgan fingerprint density at radius 3 is 2.39 bits per heavy atom. The lowest BCUT2D eigenvalue weighted by atomic mass is 10.1. The van der Waals surface area contributed by atoms with Crippen molar-refractivity contribution in [3.63, 3.8) is 0 Å². The Morgan fingerprint density at radius 2 is 1.67 bits per heavy atom. The number of carbonyl (C=O) groups excluding carboxylic acids is 2. The third-order valence-corrected chi connectivity index (χ3v) is 8.02. The normalized spacial score (nSPS) is 15.3. The molecule has 0 amide bonds. The van der Waals surface area contributed by atoms with E-state index in [1.807, 2.05) is 13.8 Å². The zero-order chi connectivity index (χ0) is 25.6. The number of carbonyl (C=O) groups is 2. The van der Waals surface area contributed by atoms with Crippen molar-refractivity contribution < 1.29 is 27.5 Å². The summed E-state index contributed by atoms with van der Waals surface area (Å²) in [7, 11) is -2.72. The number of aromatic nitrogens is 1. The summed E-state index contributed by atoms with van der Waals surface area (Å²) in [4.78, 5) is 26.2. The van der Waals surface area contributed by atoms with Gasteiger partial charge < -0.3 is 9.47 Å². The van der Waals surface area contributed by atoms with Crippen LogP contribution in [0.1, 0.15) is 26.3 Å². The second-order valence-corrected chi connectivity index (χ2v) is 10.5. The first kappa shape index (κ1) is 23.6. The standard InChI is InChI=1S/C27H24N2O6S/c1-17-8-11-19(12-9-17)36(32,33)29-16-25(35-24-13-10-18(2)14-23(24)29)26(30)28-15-21(27(31)34-3)20-6-4-5-7-22(20)28/h4-15,25H,16H2,1-3H3/t25-/m0/s1. The Hall–Kier alpha value is -4.11. The molecular weight excluding hydrogens is 480 g/mol. The SMILES string of the molecule is COC(=O)c1cn(C(=O)[C@@H]2CN(S(=O)(=O)c3ccc(C)cc3)c3cc(C)ccc3O2)c2ccccc12. The summed E-state index contributed by atoms with van der Waals surface area (Å²) in [6, 6.07) is 18.7. The van der Waals surface area contributed by atoms with Crippen LogP contribution in [0.3, 0.4) is 0 Å². The van der Waals surface area contributed by atoms with Crippen molar-refractivity contribution in [1.82, 2.24) is 4.57 Å². The van der Waals surface area contributed by atoms with E-state index in [0.717, 1.165) is 11.1 Å². The Kier molecular flexibility index (Phi) is 5.80. The highest BCUT2D eigenvalue weighted by molar-refractivity contribution is 7.92. The first-order valence-corrected chi connectivity index (χ1v) is 12.7. The monoisotopic (exact) mass is 504 g/mol. The summed E-state index contributed by atoms with van der Waals surface area (Å²) in [6.45, 7) is 3.50. The molecule has 2 heterocycles. The van der Waals surface area contributed by atoms with Crippen molar-refractivity contribution >= 4 is 38.5 Å². The second-order valence-electron chi connectivity index (χ2n) is 8.69. The van der Waals surface area contributed by atoms with Gasteiger partial charge in [0.25, 0.3) is 15.9 Å². The van der Waals surface area contributed by atoms with Gasteiger partial charge >= 0.3 is 5.97 Å². The predicted molar refractivity (Wildman–Crippen MR) is 135 cm³/mol. The summed E-state index contributed by atoms with van der Waals surface area (Å²) in [5.41, 5.74) is 2.88. The Labute approximate surface area is 208 Å². The van der Waals surface area contributed by atoms with Crippen LogP contribution in [0.25, 0.3) is 10.9 Å². The lowest BCUT2D eigenvalue weighted by Crippen LogP contribution is -2.48. The van der Waals surface area contributed by atoms with Crippen molar-refractivity contribution in [2.45, 2.75) is 24.8 Å². The minimum atomic E-state index is -3.99. The number of aryl methyl sites for hydroxylation is 2. The highest BCUT2D eigenvalue weighted by Crippen LogP contribution is 2.38. The molecule has 0 N–H and O–H groups in total. The third-order valence-electron chi connectivity index (χ3n) is 6.22. The molecule has 1 aliphatic rings. The molecule has 5 rings (SSSR count). The topological polar surface area (TPSA) is 94.9 Å². The van der Waals surface area contributed by atoms with Crippen molar-refractivity contribution in [2.75, 3.05) is 18.0 Å². The number of nitrogens with zero attached hydrogens (tertiary/aromatic N) is 2. The van der Waals surface area contributed by atoms with Crippen LogP contribution in [-0.4, -0.2) is 44.6 Å². The first-order chi connectivity index (χ1) is 17.2. The number of esters is 1. The van der Waals surface area contributed by atoms with Crippen LogP contribution in [0.2, 0.25) is 0 Å². The smallest absolute Gasteiger partial charge is 0.340 e. The molecule has 0 radical (unpaired) electrons. The molecule has 1 aromatic heterocycles. The van der Waals surface area contributed by atoms with Gasteiger partial charge in [-0.2, -0.15) is 0 Å². The van der Waals surface area contributed by atoms with Gasteiger partial charge in [-0.15, -0.1) is 0 Å². The van der Waals surface area contributed by atoms with Crippen LogP contribution in [0.5, 0.6) is 5.75 Å². The van der Waals surface area contributed by atoms with Gasteiger partial charge in [-0.3, -0.25) is 13.7 Å². The average molecular weight is 505 g/mol. The van der Waals surface area contributed by atoms with Crippen molar-refractivity contribution in [3.8, 4) is 5.75 Å². The zero-order valence-corrected chi connectivity index (χ0v) is 20.8. The van der Waals surface area contributed by atoms with Crippen molar-refractivity contribution in [1.29, 1.82) is 0 Å². The third kappa shape index (κ3) is 3.91. The maximum Gasteiger partial charge on any atom is 0.340 e. The van der Waals surface area contributed by atoms with E-state index >= 15 is 0 Å². The van der Waals surface area contributed by atoms with Gasteiger partial charge in [0.05, 0.1) is 35.3 Å². The molecule has 1 atom stereocenters. The van der Waals surface area contributed by atoms with Gasteiger partial charge in [0, 0.05) is 11.6 Å². The van der Waals surface area contributed by atoms with Crippen LogP contribution < -0.4 is 9.04 Å². The summed E-state index contributed by atoms with van der Waals surface area (Å²) in [5.74, 6) is -0.797. The minimum Gasteiger partial charge on any atom is -0.476 e. The van der Waals surface area contributed by atoms with Crippen LogP contribution in [0.15, 0.2) is 77.8 Å². The molecule has 0 aliphatic carbocycles. The number of benzene rings is 3. The summed E-state index contributed by atoms with van der Waals surface area (Å²) < 4.78 is 40.9. The van der Waals surface area contributed by atoms with Gasteiger partial charge in [0.1, 0.15) is 5.75 Å². The van der Waals surface area contributed by atoms with E-state index in [2.05, 4.69) is 0 Å². The maximum absolute atomic E-state index is 13.7. The van der Waals surface area contributed by atoms with Crippen LogP contribution in [0.4, 0.5) is 5.69 Å². The first-order valence-electron chi connectivity index (χ1n) is 11.3. The van der Waals surface area contributed by atoms with Gasteiger partial charge in [-0.05, 0) is 49.7 Å². The Morgan fingerprint density at radius 1 is 0.972 bits per heavy atom. The van der Waals surface area contributed by atoms with Crippen LogP contribution in [-0.2, 0) is 14.8 Å². The van der Waals surface area contributed by atoms with Gasteiger partial charge in [0.15, 0.2) is 6.10 Å². The largest absolute Gasteiger partial charge is 0.476 e. The quantitative estimate of drug-likeness (QED) is 0.384. The predicted octanol–water partition coefficient (Wildman–Crippen LogP) is 4.34. The molecule has 184 valence electrons. The number of fused-ring (bicyclic) bond motifs is 2. The maximum atomic E-state index is 13.7. The fourth-order valence-electron chi connectivity index (χ4n) is 4.34. The molecule has 0 saturated carbocycles. The number of ether oxygens (including phenoxy) is 2. The Bertz CT molecular complexity index is 1610. The number of anilines is 1. The van der Waals surface area contributed by atoms with Crippen LogP contribution >= 0.6 is 0 Å². The lowest BCUT2D eigenvalue weighted by Gasteiger charge is -2.35. The fraction of sp³-hybridized carbons (Fsp3) is 0.185. The molecule has 0 fully saturated rings. The molecule has 8 nitrogen and oxygen atoms in total. The molecule has 0 bridgehead atoms. The molecule has 9 heteroatoms. The highest BCUT2D eigenvalue weighted by Gasteiger charge is 2.38. The Balaban J connectivity index is 1.60. The summed E-state index contributed by atoms with van der Waals surface area (Å²) in [5, 5.41) is 0.550. The van der Waals surface area contributed by atoms with Crippen molar-refractivity contribution in [3.05, 3.63) is 89.6 Å². The fourth-order valence-corrected chi connectivity index (χ4v) is 5.81. The van der Waals surface area contributed by atoms with Crippen LogP contribution in [0, 0.1) is 13.8 Å². The molecule has 36 heavy (non-hydrogen) atoms. The summed E-state index contributed by atoms with van der Waals surface area (Å²) in [6.07, 6.45) is 0.257. The van der Waals surface area contributed by atoms with E-state index in [1.165, 1.54) is 22.2 Å².